The Bertz CT molecular complexity index is 258. The van der Waals surface area contributed by atoms with Crippen LogP contribution in [0.1, 0.15) is 0 Å². The van der Waals surface area contributed by atoms with E-state index in [0.29, 0.717) is 0 Å². The Morgan fingerprint density at radius 1 is 1.07 bits per heavy atom. The molecule has 0 unspecified atom stereocenters. The number of carbonyl (C=O) groups excluding carboxylic acids is 2. The van der Waals surface area contributed by atoms with Gasteiger partial charge in [-0.2, -0.15) is 0 Å². The lowest BCUT2D eigenvalue weighted by atomic mass is 10.6. The van der Waals surface area contributed by atoms with E-state index < -0.39 is 24.2 Å². The molecule has 6 heteroatoms. The molecular formula is C8H8O6. The van der Waals surface area contributed by atoms with Gasteiger partial charge in [0, 0.05) is 12.2 Å². The Kier molecular flexibility index (Phi) is 4.69. The first-order chi connectivity index (χ1) is 6.51. The summed E-state index contributed by atoms with van der Waals surface area (Å²) in [6.07, 6.45) is -0.485. The van der Waals surface area contributed by atoms with E-state index in [0.717, 1.165) is 12.2 Å². The van der Waals surface area contributed by atoms with Crippen LogP contribution in [-0.2, 0) is 23.9 Å². The zero-order valence-electron chi connectivity index (χ0n) is 7.13. The summed E-state index contributed by atoms with van der Waals surface area (Å²) in [6.45, 7) is 6.09. The molecule has 76 valence electrons. The van der Waals surface area contributed by atoms with Crippen LogP contribution in [0.25, 0.3) is 0 Å². The van der Waals surface area contributed by atoms with Crippen molar-refractivity contribution < 1.29 is 29.0 Å². The quantitative estimate of drug-likeness (QED) is 0.377. The van der Waals surface area contributed by atoms with E-state index in [2.05, 4.69) is 22.6 Å². The van der Waals surface area contributed by atoms with Crippen LogP contribution in [0, 0.1) is 0 Å². The van der Waals surface area contributed by atoms with Gasteiger partial charge in [0.2, 0.25) is 0 Å². The number of hydrogen-bond donors (Lipinski definition) is 1. The lowest BCUT2D eigenvalue weighted by Crippen LogP contribution is -2.31. The number of hydrogen-bond acceptors (Lipinski definition) is 5. The maximum atomic E-state index is 10.6. The van der Waals surface area contributed by atoms with Crippen molar-refractivity contribution in [3.8, 4) is 0 Å². The first-order valence-corrected chi connectivity index (χ1v) is 3.40. The van der Waals surface area contributed by atoms with E-state index in [9.17, 15) is 14.4 Å². The molecule has 0 rings (SSSR count). The summed E-state index contributed by atoms with van der Waals surface area (Å²) in [5.74, 6) is -3.61. The largest absolute Gasteiger partial charge is 0.476 e. The Balaban J connectivity index is 4.37. The van der Waals surface area contributed by atoms with Crippen LogP contribution in [0.2, 0.25) is 0 Å². The topological polar surface area (TPSA) is 89.9 Å². The summed E-state index contributed by atoms with van der Waals surface area (Å²) < 4.78 is 8.37. The standard InChI is InChI=1S/C8H8O6/c1-3-5(9)13-8(7(11)12)14-6(10)4-2/h3-4,8H,1-2H2,(H,11,12). The molecule has 1 N–H and O–H groups in total. The average Bonchev–Trinajstić information content (AvgIpc) is 2.16. The van der Waals surface area contributed by atoms with Crippen molar-refractivity contribution in [1.82, 2.24) is 0 Å². The maximum absolute atomic E-state index is 10.6. The molecule has 0 aliphatic carbocycles. The van der Waals surface area contributed by atoms with Gasteiger partial charge in [-0.05, 0) is 0 Å². The zero-order valence-corrected chi connectivity index (χ0v) is 7.13. The van der Waals surface area contributed by atoms with Crippen molar-refractivity contribution in [2.75, 3.05) is 0 Å². The fraction of sp³-hybridized carbons (Fsp3) is 0.125. The highest BCUT2D eigenvalue weighted by atomic mass is 16.7. The van der Waals surface area contributed by atoms with Crippen molar-refractivity contribution in [1.29, 1.82) is 0 Å². The number of aliphatic carboxylic acids is 1. The molecule has 6 nitrogen and oxygen atoms in total. The Hall–Kier alpha value is -2.11. The SMILES string of the molecule is C=CC(=O)OC(OC(=O)C=C)C(=O)O. The van der Waals surface area contributed by atoms with Gasteiger partial charge < -0.3 is 14.6 Å². The third-order valence-corrected chi connectivity index (χ3v) is 0.981. The minimum Gasteiger partial charge on any atom is -0.476 e. The van der Waals surface area contributed by atoms with Gasteiger partial charge in [0.15, 0.2) is 0 Å². The van der Waals surface area contributed by atoms with Crippen LogP contribution in [0.5, 0.6) is 0 Å². The summed E-state index contributed by atoms with van der Waals surface area (Å²) in [6, 6.07) is 0. The monoisotopic (exact) mass is 200 g/mol. The van der Waals surface area contributed by atoms with Crippen molar-refractivity contribution in [3.05, 3.63) is 25.3 Å². The predicted octanol–water partition coefficient (Wildman–Crippen LogP) is -0.145. The summed E-state index contributed by atoms with van der Waals surface area (Å²) in [4.78, 5) is 31.5. The second-order valence-corrected chi connectivity index (χ2v) is 1.95. The number of carbonyl (C=O) groups is 3. The lowest BCUT2D eigenvalue weighted by Gasteiger charge is -2.11. The summed E-state index contributed by atoms with van der Waals surface area (Å²) in [5.41, 5.74) is 0. The van der Waals surface area contributed by atoms with Crippen molar-refractivity contribution in [2.24, 2.45) is 0 Å². The number of carboxylic acid groups (broad SMARTS) is 1. The molecule has 0 aromatic heterocycles. The van der Waals surface area contributed by atoms with E-state index in [1.807, 2.05) is 0 Å². The molecule has 0 saturated heterocycles. The highest BCUT2D eigenvalue weighted by molar-refractivity contribution is 5.87. The van der Waals surface area contributed by atoms with Gasteiger partial charge in [0.1, 0.15) is 0 Å². The normalized spacial score (nSPS) is 8.93. The third kappa shape index (κ3) is 4.05. The molecule has 0 saturated carbocycles. The first kappa shape index (κ1) is 11.9. The highest BCUT2D eigenvalue weighted by Gasteiger charge is 2.24. The minimum absolute atomic E-state index is 0.748. The third-order valence-electron chi connectivity index (χ3n) is 0.981. The van der Waals surface area contributed by atoms with Crippen LogP contribution in [0.3, 0.4) is 0 Å². The van der Waals surface area contributed by atoms with E-state index in [4.69, 9.17) is 5.11 Å². The van der Waals surface area contributed by atoms with Gasteiger partial charge >= 0.3 is 24.2 Å². The lowest BCUT2D eigenvalue weighted by molar-refractivity contribution is -0.196. The molecule has 0 heterocycles. The molecule has 0 aromatic carbocycles. The molecule has 0 aliphatic heterocycles. The molecule has 0 amide bonds. The first-order valence-electron chi connectivity index (χ1n) is 3.40. The minimum atomic E-state index is -1.98. The predicted molar refractivity (Wildman–Crippen MR) is 44.0 cm³/mol. The molecule has 0 aliphatic rings. The molecule has 0 aromatic rings. The van der Waals surface area contributed by atoms with E-state index in [1.165, 1.54) is 0 Å². The van der Waals surface area contributed by atoms with Gasteiger partial charge in [-0.15, -0.1) is 0 Å². The zero-order chi connectivity index (χ0) is 11.1. The van der Waals surface area contributed by atoms with Gasteiger partial charge in [0.25, 0.3) is 0 Å². The van der Waals surface area contributed by atoms with Gasteiger partial charge in [-0.1, -0.05) is 13.2 Å². The van der Waals surface area contributed by atoms with Crippen molar-refractivity contribution >= 4 is 17.9 Å². The number of rotatable bonds is 5. The summed E-state index contributed by atoms with van der Waals surface area (Å²) in [5, 5.41) is 8.44. The van der Waals surface area contributed by atoms with Crippen molar-refractivity contribution in [3.63, 3.8) is 0 Å². The molecular weight excluding hydrogens is 192 g/mol. The molecule has 0 spiro atoms. The fourth-order valence-corrected chi connectivity index (χ4v) is 0.432. The van der Waals surface area contributed by atoms with Crippen LogP contribution >= 0.6 is 0 Å². The number of ether oxygens (including phenoxy) is 2. The molecule has 0 radical (unpaired) electrons. The fourth-order valence-electron chi connectivity index (χ4n) is 0.432. The van der Waals surface area contributed by atoms with Crippen molar-refractivity contribution in [2.45, 2.75) is 6.29 Å². The van der Waals surface area contributed by atoms with Crippen LogP contribution < -0.4 is 0 Å². The van der Waals surface area contributed by atoms with E-state index >= 15 is 0 Å². The highest BCUT2D eigenvalue weighted by Crippen LogP contribution is 1.98. The summed E-state index contributed by atoms with van der Waals surface area (Å²) >= 11 is 0. The van der Waals surface area contributed by atoms with Gasteiger partial charge in [0.05, 0.1) is 0 Å². The van der Waals surface area contributed by atoms with Crippen LogP contribution in [-0.4, -0.2) is 29.3 Å². The van der Waals surface area contributed by atoms with Gasteiger partial charge in [-0.3, -0.25) is 0 Å². The summed E-state index contributed by atoms with van der Waals surface area (Å²) in [7, 11) is 0. The Labute approximate surface area is 79.4 Å². The van der Waals surface area contributed by atoms with E-state index in [1.54, 1.807) is 0 Å². The molecule has 0 atom stereocenters. The second-order valence-electron chi connectivity index (χ2n) is 1.95. The van der Waals surface area contributed by atoms with Gasteiger partial charge in [-0.25, -0.2) is 14.4 Å². The van der Waals surface area contributed by atoms with E-state index in [-0.39, 0.29) is 0 Å². The molecule has 0 fully saturated rings. The molecule has 14 heavy (non-hydrogen) atoms. The molecule has 0 bridgehead atoms. The smallest absolute Gasteiger partial charge is 0.387 e. The Morgan fingerprint density at radius 2 is 1.43 bits per heavy atom. The number of carboxylic acids is 1. The average molecular weight is 200 g/mol. The number of esters is 2. The van der Waals surface area contributed by atoms with Crippen LogP contribution in [0.4, 0.5) is 0 Å². The second kappa shape index (κ2) is 5.52. The Morgan fingerprint density at radius 3 is 1.64 bits per heavy atom. The van der Waals surface area contributed by atoms with Crippen LogP contribution in [0.15, 0.2) is 25.3 Å². The maximum Gasteiger partial charge on any atom is 0.387 e.